The zero-order chi connectivity index (χ0) is 15.0. The zero-order valence-electron chi connectivity index (χ0n) is 12.4. The number of anilines is 1. The van der Waals surface area contributed by atoms with E-state index >= 15 is 0 Å². The monoisotopic (exact) mass is 307 g/mol. The van der Waals surface area contributed by atoms with E-state index in [4.69, 9.17) is 0 Å². The summed E-state index contributed by atoms with van der Waals surface area (Å²) in [6.45, 7) is 1.16. The molecular weight excluding hydrogens is 286 g/mol. The molecular formula is C15H21N3O2S. The van der Waals surface area contributed by atoms with E-state index in [2.05, 4.69) is 21.7 Å². The first-order valence-corrected chi connectivity index (χ1v) is 9.09. The molecule has 3 rings (SSSR count). The van der Waals surface area contributed by atoms with Crippen LogP contribution in [0.15, 0.2) is 24.4 Å². The Hall–Kier alpha value is -1.53. The lowest BCUT2D eigenvalue weighted by Crippen LogP contribution is -2.26. The summed E-state index contributed by atoms with van der Waals surface area (Å²) in [5, 5.41) is 1.10. The van der Waals surface area contributed by atoms with Crippen LogP contribution in [-0.4, -0.2) is 44.2 Å². The molecule has 1 atom stereocenters. The van der Waals surface area contributed by atoms with Crippen molar-refractivity contribution in [2.24, 2.45) is 0 Å². The van der Waals surface area contributed by atoms with Gasteiger partial charge in [-0.05, 0) is 56.6 Å². The van der Waals surface area contributed by atoms with Crippen LogP contribution >= 0.6 is 0 Å². The Balaban J connectivity index is 1.90. The van der Waals surface area contributed by atoms with Gasteiger partial charge in [-0.25, -0.2) is 8.42 Å². The number of rotatable bonds is 4. The number of benzene rings is 1. The Morgan fingerprint density at radius 3 is 2.90 bits per heavy atom. The quantitative estimate of drug-likeness (QED) is 0.910. The molecule has 0 unspecified atom stereocenters. The van der Waals surface area contributed by atoms with Gasteiger partial charge in [0.15, 0.2) is 0 Å². The third-order valence-electron chi connectivity index (χ3n) is 4.20. The summed E-state index contributed by atoms with van der Waals surface area (Å²) in [5.74, 6) is 0. The molecule has 2 aromatic rings. The lowest BCUT2D eigenvalue weighted by atomic mass is 10.0. The molecule has 21 heavy (non-hydrogen) atoms. The van der Waals surface area contributed by atoms with E-state index in [0.717, 1.165) is 23.9 Å². The Morgan fingerprint density at radius 1 is 1.43 bits per heavy atom. The lowest BCUT2D eigenvalue weighted by molar-refractivity contribution is 0.310. The van der Waals surface area contributed by atoms with Crippen molar-refractivity contribution in [2.45, 2.75) is 25.3 Å². The van der Waals surface area contributed by atoms with Crippen LogP contribution < -0.4 is 4.72 Å². The fraction of sp³-hybridized carbons (Fsp3) is 0.467. The number of nitrogens with zero attached hydrogens (tertiary/aromatic N) is 1. The molecule has 0 saturated carbocycles. The van der Waals surface area contributed by atoms with Crippen LogP contribution in [0.1, 0.15) is 18.4 Å². The van der Waals surface area contributed by atoms with Gasteiger partial charge in [-0.1, -0.05) is 0 Å². The average Bonchev–Trinajstić information content (AvgIpc) is 2.96. The number of hydrogen-bond acceptors (Lipinski definition) is 3. The van der Waals surface area contributed by atoms with Gasteiger partial charge < -0.3 is 9.88 Å². The minimum atomic E-state index is -3.24. The summed E-state index contributed by atoms with van der Waals surface area (Å²) in [6.07, 6.45) is 6.69. The maximum absolute atomic E-state index is 11.4. The summed E-state index contributed by atoms with van der Waals surface area (Å²) in [6, 6.07) is 6.20. The van der Waals surface area contributed by atoms with Crippen LogP contribution in [0.25, 0.3) is 10.9 Å². The number of nitrogens with one attached hydrogen (secondary N) is 2. The predicted molar refractivity (Wildman–Crippen MR) is 86.1 cm³/mol. The third kappa shape index (κ3) is 3.22. The minimum absolute atomic E-state index is 0.579. The Labute approximate surface area is 125 Å². The van der Waals surface area contributed by atoms with E-state index in [1.54, 1.807) is 6.07 Å². The number of aromatic amines is 1. The van der Waals surface area contributed by atoms with Gasteiger partial charge in [-0.2, -0.15) is 0 Å². The van der Waals surface area contributed by atoms with Crippen LogP contribution in [0.3, 0.4) is 0 Å². The number of likely N-dealkylation sites (tertiary alicyclic amines) is 1. The van der Waals surface area contributed by atoms with Gasteiger partial charge in [0.1, 0.15) is 0 Å². The van der Waals surface area contributed by atoms with Gasteiger partial charge in [-0.3, -0.25) is 4.72 Å². The Kier molecular flexibility index (Phi) is 3.67. The molecule has 0 aliphatic carbocycles. The first-order valence-electron chi connectivity index (χ1n) is 7.20. The molecule has 114 valence electrons. The molecule has 0 bridgehead atoms. The molecule has 2 N–H and O–H groups in total. The van der Waals surface area contributed by atoms with Crippen molar-refractivity contribution >= 4 is 26.6 Å². The van der Waals surface area contributed by atoms with Crippen LogP contribution in [0, 0.1) is 0 Å². The van der Waals surface area contributed by atoms with E-state index in [0.29, 0.717) is 11.7 Å². The first-order chi connectivity index (χ1) is 9.92. The lowest BCUT2D eigenvalue weighted by Gasteiger charge is -2.18. The molecule has 1 fully saturated rings. The van der Waals surface area contributed by atoms with Gasteiger partial charge in [0.2, 0.25) is 10.0 Å². The number of sulfonamides is 1. The Morgan fingerprint density at radius 2 is 2.24 bits per heavy atom. The maximum Gasteiger partial charge on any atom is 0.229 e. The smallest absolute Gasteiger partial charge is 0.229 e. The largest absolute Gasteiger partial charge is 0.361 e. The second-order valence-electron chi connectivity index (χ2n) is 5.93. The van der Waals surface area contributed by atoms with Gasteiger partial charge in [-0.15, -0.1) is 0 Å². The van der Waals surface area contributed by atoms with Gasteiger partial charge in [0, 0.05) is 28.8 Å². The van der Waals surface area contributed by atoms with Crippen molar-refractivity contribution in [1.29, 1.82) is 0 Å². The van der Waals surface area contributed by atoms with Crippen molar-refractivity contribution in [3.05, 3.63) is 30.0 Å². The van der Waals surface area contributed by atoms with Crippen LogP contribution in [0.4, 0.5) is 5.69 Å². The molecule has 2 heterocycles. The summed E-state index contributed by atoms with van der Waals surface area (Å²) in [5.41, 5.74) is 2.91. The van der Waals surface area contributed by atoms with Crippen molar-refractivity contribution in [3.8, 4) is 0 Å². The highest BCUT2D eigenvalue weighted by Crippen LogP contribution is 2.27. The van der Waals surface area contributed by atoms with E-state index in [-0.39, 0.29) is 0 Å². The maximum atomic E-state index is 11.4. The normalized spacial score (nSPS) is 20.2. The number of fused-ring (bicyclic) bond motifs is 1. The standard InChI is InChI=1S/C15H21N3O2S/c1-18-7-3-4-13(18)8-11-10-16-15-6-5-12(9-14(11)15)17-21(2,19)20/h5-6,9-10,13,16-17H,3-4,7-8H2,1-2H3/t13-/m1/s1. The number of hydrogen-bond donors (Lipinski definition) is 2. The fourth-order valence-electron chi connectivity index (χ4n) is 3.12. The van der Waals surface area contributed by atoms with Gasteiger partial charge in [0.25, 0.3) is 0 Å². The van der Waals surface area contributed by atoms with E-state index in [1.807, 2.05) is 18.3 Å². The van der Waals surface area contributed by atoms with E-state index in [1.165, 1.54) is 24.7 Å². The van der Waals surface area contributed by atoms with Gasteiger partial charge in [0.05, 0.1) is 6.26 Å². The first kappa shape index (κ1) is 14.4. The Bertz CT molecular complexity index is 751. The molecule has 0 spiro atoms. The minimum Gasteiger partial charge on any atom is -0.361 e. The van der Waals surface area contributed by atoms with Crippen molar-refractivity contribution < 1.29 is 8.42 Å². The summed E-state index contributed by atoms with van der Waals surface area (Å²) >= 11 is 0. The second kappa shape index (κ2) is 5.35. The summed E-state index contributed by atoms with van der Waals surface area (Å²) < 4.78 is 25.3. The molecule has 5 nitrogen and oxygen atoms in total. The topological polar surface area (TPSA) is 65.2 Å². The van der Waals surface area contributed by atoms with Crippen LogP contribution in [0.2, 0.25) is 0 Å². The molecule has 1 saturated heterocycles. The van der Waals surface area contributed by atoms with Crippen LogP contribution in [0.5, 0.6) is 0 Å². The molecule has 1 aliphatic heterocycles. The van der Waals surface area contributed by atoms with Crippen molar-refractivity contribution in [3.63, 3.8) is 0 Å². The highest BCUT2D eigenvalue weighted by Gasteiger charge is 2.22. The molecule has 0 radical (unpaired) electrons. The van der Waals surface area contributed by atoms with E-state index in [9.17, 15) is 8.42 Å². The van der Waals surface area contributed by atoms with Crippen LogP contribution in [-0.2, 0) is 16.4 Å². The summed E-state index contributed by atoms with van der Waals surface area (Å²) in [7, 11) is -1.07. The molecule has 1 aromatic heterocycles. The number of likely N-dealkylation sites (N-methyl/N-ethyl adjacent to an activating group) is 1. The second-order valence-corrected chi connectivity index (χ2v) is 7.68. The molecule has 6 heteroatoms. The molecule has 1 aromatic carbocycles. The third-order valence-corrected chi connectivity index (χ3v) is 4.80. The van der Waals surface area contributed by atoms with Crippen molar-refractivity contribution in [2.75, 3.05) is 24.6 Å². The highest BCUT2D eigenvalue weighted by molar-refractivity contribution is 7.92. The number of aromatic nitrogens is 1. The van der Waals surface area contributed by atoms with Crippen molar-refractivity contribution in [1.82, 2.24) is 9.88 Å². The fourth-order valence-corrected chi connectivity index (χ4v) is 3.67. The average molecular weight is 307 g/mol. The van der Waals surface area contributed by atoms with Gasteiger partial charge >= 0.3 is 0 Å². The summed E-state index contributed by atoms with van der Waals surface area (Å²) in [4.78, 5) is 5.67. The molecule has 0 amide bonds. The predicted octanol–water partition coefficient (Wildman–Crippen LogP) is 2.18. The van der Waals surface area contributed by atoms with E-state index < -0.39 is 10.0 Å². The number of H-pyrrole nitrogens is 1. The highest BCUT2D eigenvalue weighted by atomic mass is 32.2. The SMILES string of the molecule is CN1CCC[C@@H]1Cc1c[nH]c2ccc(NS(C)(=O)=O)cc12. The zero-order valence-corrected chi connectivity index (χ0v) is 13.2. The molecule has 1 aliphatic rings.